The maximum absolute atomic E-state index is 2.48. The van der Waals surface area contributed by atoms with Gasteiger partial charge in [0.25, 0.3) is 0 Å². The molecule has 2 aromatic carbocycles. The van der Waals surface area contributed by atoms with Gasteiger partial charge >= 0.3 is 0 Å². The molecule has 0 saturated carbocycles. The van der Waals surface area contributed by atoms with Crippen molar-refractivity contribution >= 4 is 18.0 Å². The third kappa shape index (κ3) is 2.71. The summed E-state index contributed by atoms with van der Waals surface area (Å²) in [7, 11) is 0. The number of rotatable bonds is 2. The van der Waals surface area contributed by atoms with Crippen LogP contribution in [0.15, 0.2) is 60.8 Å². The summed E-state index contributed by atoms with van der Waals surface area (Å²) in [6.07, 6.45) is 5.03. The van der Waals surface area contributed by atoms with Crippen LogP contribution in [-0.4, -0.2) is 18.0 Å². The maximum atomic E-state index is 2.48. The number of hydrogen-bond acceptors (Lipinski definition) is 1. The van der Waals surface area contributed by atoms with Crippen LogP contribution < -0.4 is 0 Å². The van der Waals surface area contributed by atoms with Crippen molar-refractivity contribution in [3.8, 4) is 11.1 Å². The lowest BCUT2D eigenvalue weighted by Crippen LogP contribution is -2.35. The molecule has 2 aromatic rings. The molecule has 0 atom stereocenters. The molecule has 0 aliphatic carbocycles. The zero-order chi connectivity index (χ0) is 13.4. The van der Waals surface area contributed by atoms with Crippen LogP contribution in [0.25, 0.3) is 16.7 Å². The van der Waals surface area contributed by atoms with E-state index >= 15 is 0 Å². The predicted octanol–water partition coefficient (Wildman–Crippen LogP) is 4.84. The first kappa shape index (κ1) is 14.2. The minimum absolute atomic E-state index is 0. The molecule has 1 nitrogen and oxygen atoms in total. The molecule has 5 rings (SSSR count). The Morgan fingerprint density at radius 1 is 0.762 bits per heavy atom. The lowest BCUT2D eigenvalue weighted by atomic mass is 9.82. The molecule has 0 N–H and O–H groups in total. The second-order valence-corrected chi connectivity index (χ2v) is 5.84. The second kappa shape index (κ2) is 5.95. The topological polar surface area (TPSA) is 3.24 Å². The van der Waals surface area contributed by atoms with Gasteiger partial charge in [0.2, 0.25) is 0 Å². The number of nitrogens with zero attached hydrogens (tertiary/aromatic N) is 1. The Labute approximate surface area is 132 Å². The number of fused-ring (bicyclic) bond motifs is 2. The molecule has 0 amide bonds. The summed E-state index contributed by atoms with van der Waals surface area (Å²) in [5.41, 5.74) is 5.57. The highest BCUT2D eigenvalue weighted by Gasteiger charge is 2.27. The number of benzene rings is 2. The molecular weight excluding hydrogens is 278 g/mol. The van der Waals surface area contributed by atoms with Gasteiger partial charge in [0.05, 0.1) is 0 Å². The summed E-state index contributed by atoms with van der Waals surface area (Å²) < 4.78 is 0. The van der Waals surface area contributed by atoms with Crippen molar-refractivity contribution in [3.63, 3.8) is 0 Å². The van der Waals surface area contributed by atoms with Crippen LogP contribution in [0.1, 0.15) is 18.4 Å². The Bertz CT molecular complexity index is 640. The normalized spacial score (nSPS) is 17.3. The second-order valence-electron chi connectivity index (χ2n) is 5.84. The van der Waals surface area contributed by atoms with Crippen molar-refractivity contribution < 1.29 is 0 Å². The van der Waals surface area contributed by atoms with Gasteiger partial charge in [-0.25, -0.2) is 0 Å². The molecule has 3 aliphatic rings. The standard InChI is InChI=1S/C19H19N.ClH/c1-2-5-15(6-3-1)17-7-4-8-18(13-17)19-14-20-11-9-16(19)10-12-20;/h1-8,13-14,16H,9-12H2;1H. The third-order valence-corrected chi connectivity index (χ3v) is 4.59. The van der Waals surface area contributed by atoms with E-state index in [-0.39, 0.29) is 12.4 Å². The number of hydrogen-bond donors (Lipinski definition) is 0. The molecule has 1 fully saturated rings. The smallest absolute Gasteiger partial charge is 0.0178 e. The fourth-order valence-electron chi connectivity index (χ4n) is 3.46. The summed E-state index contributed by atoms with van der Waals surface area (Å²) in [5.74, 6) is 0.769. The largest absolute Gasteiger partial charge is 0.377 e. The quantitative estimate of drug-likeness (QED) is 0.766. The summed E-state index contributed by atoms with van der Waals surface area (Å²) in [5, 5.41) is 0. The van der Waals surface area contributed by atoms with Crippen molar-refractivity contribution in [2.24, 2.45) is 5.92 Å². The fourth-order valence-corrected chi connectivity index (χ4v) is 3.46. The van der Waals surface area contributed by atoms with Crippen LogP contribution >= 0.6 is 12.4 Å². The molecule has 3 aliphatic heterocycles. The zero-order valence-corrected chi connectivity index (χ0v) is 12.9. The Balaban J connectivity index is 0.00000132. The molecule has 0 radical (unpaired) electrons. The maximum Gasteiger partial charge on any atom is 0.0178 e. The number of halogens is 1. The first-order valence-electron chi connectivity index (χ1n) is 7.52. The number of piperidine rings is 1. The SMILES string of the molecule is C1=C(c2cccc(-c3ccccc3)c2)C2CCN1CC2.Cl. The van der Waals surface area contributed by atoms with E-state index in [0.29, 0.717) is 0 Å². The van der Waals surface area contributed by atoms with Gasteiger partial charge in [0.1, 0.15) is 0 Å². The molecule has 2 heteroatoms. The van der Waals surface area contributed by atoms with E-state index in [9.17, 15) is 0 Å². The minimum Gasteiger partial charge on any atom is -0.377 e. The van der Waals surface area contributed by atoms with Crippen LogP contribution in [-0.2, 0) is 0 Å². The van der Waals surface area contributed by atoms with E-state index in [1.54, 1.807) is 5.57 Å². The fraction of sp³-hybridized carbons (Fsp3) is 0.263. The van der Waals surface area contributed by atoms with E-state index in [1.165, 1.54) is 42.6 Å². The molecule has 21 heavy (non-hydrogen) atoms. The lowest BCUT2D eigenvalue weighted by Gasteiger charge is -2.39. The van der Waals surface area contributed by atoms with Crippen LogP contribution in [0.5, 0.6) is 0 Å². The van der Waals surface area contributed by atoms with Gasteiger partial charge in [-0.1, -0.05) is 48.5 Å². The van der Waals surface area contributed by atoms with Crippen molar-refractivity contribution in [2.45, 2.75) is 12.8 Å². The Morgan fingerprint density at radius 3 is 2.10 bits per heavy atom. The number of allylic oxidation sites excluding steroid dienone is 1. The van der Waals surface area contributed by atoms with Gasteiger partial charge in [-0.2, -0.15) is 0 Å². The predicted molar refractivity (Wildman–Crippen MR) is 91.4 cm³/mol. The van der Waals surface area contributed by atoms with E-state index in [2.05, 4.69) is 65.7 Å². The molecular formula is C19H20ClN. The Morgan fingerprint density at radius 2 is 1.43 bits per heavy atom. The monoisotopic (exact) mass is 297 g/mol. The van der Waals surface area contributed by atoms with Crippen molar-refractivity contribution in [1.29, 1.82) is 0 Å². The summed E-state index contributed by atoms with van der Waals surface area (Å²) in [6, 6.07) is 19.7. The van der Waals surface area contributed by atoms with Crippen molar-refractivity contribution in [3.05, 3.63) is 66.4 Å². The molecule has 2 bridgehead atoms. The zero-order valence-electron chi connectivity index (χ0n) is 12.0. The van der Waals surface area contributed by atoms with E-state index in [1.807, 2.05) is 0 Å². The molecule has 0 spiro atoms. The van der Waals surface area contributed by atoms with Gasteiger partial charge in [-0.05, 0) is 47.1 Å². The summed E-state index contributed by atoms with van der Waals surface area (Å²) in [4.78, 5) is 2.48. The van der Waals surface area contributed by atoms with Crippen LogP contribution in [0.4, 0.5) is 0 Å². The highest BCUT2D eigenvalue weighted by Crippen LogP contribution is 2.38. The first-order valence-corrected chi connectivity index (χ1v) is 7.52. The van der Waals surface area contributed by atoms with Crippen LogP contribution in [0.2, 0.25) is 0 Å². The Hall–Kier alpha value is -1.73. The molecule has 3 heterocycles. The van der Waals surface area contributed by atoms with Crippen LogP contribution in [0, 0.1) is 5.92 Å². The molecule has 1 saturated heterocycles. The Kier molecular flexibility index (Phi) is 4.03. The average molecular weight is 298 g/mol. The minimum atomic E-state index is 0. The third-order valence-electron chi connectivity index (χ3n) is 4.59. The first-order chi connectivity index (χ1) is 9.90. The highest BCUT2D eigenvalue weighted by atomic mass is 35.5. The van der Waals surface area contributed by atoms with Gasteiger partial charge in [0.15, 0.2) is 0 Å². The van der Waals surface area contributed by atoms with E-state index < -0.39 is 0 Å². The van der Waals surface area contributed by atoms with Gasteiger partial charge in [-0.3, -0.25) is 0 Å². The molecule has 0 aromatic heterocycles. The van der Waals surface area contributed by atoms with E-state index in [4.69, 9.17) is 0 Å². The summed E-state index contributed by atoms with van der Waals surface area (Å²) in [6.45, 7) is 2.49. The lowest BCUT2D eigenvalue weighted by molar-refractivity contribution is 0.252. The van der Waals surface area contributed by atoms with Gasteiger partial charge < -0.3 is 4.90 Å². The van der Waals surface area contributed by atoms with E-state index in [0.717, 1.165) is 5.92 Å². The average Bonchev–Trinajstić information content (AvgIpc) is 2.57. The molecule has 0 unspecified atom stereocenters. The summed E-state index contributed by atoms with van der Waals surface area (Å²) >= 11 is 0. The molecule has 108 valence electrons. The van der Waals surface area contributed by atoms with Crippen LogP contribution in [0.3, 0.4) is 0 Å². The van der Waals surface area contributed by atoms with Gasteiger partial charge in [0, 0.05) is 19.3 Å². The highest BCUT2D eigenvalue weighted by molar-refractivity contribution is 5.85. The van der Waals surface area contributed by atoms with Gasteiger partial charge in [-0.15, -0.1) is 12.4 Å². The van der Waals surface area contributed by atoms with Crippen molar-refractivity contribution in [2.75, 3.05) is 13.1 Å². The van der Waals surface area contributed by atoms with Crippen molar-refractivity contribution in [1.82, 2.24) is 4.90 Å².